The zero-order chi connectivity index (χ0) is 16.2. The van der Waals surface area contributed by atoms with Crippen LogP contribution in [0.3, 0.4) is 0 Å². The molecule has 1 fully saturated rings. The van der Waals surface area contributed by atoms with Crippen molar-refractivity contribution in [1.29, 1.82) is 0 Å². The highest BCUT2D eigenvalue weighted by Gasteiger charge is 2.30. The lowest BCUT2D eigenvalue weighted by Gasteiger charge is -2.37. The molecule has 0 saturated carbocycles. The lowest BCUT2D eigenvalue weighted by molar-refractivity contribution is -0.0668. The number of benzene rings is 1. The SMILES string of the molecule is CC1COC(CO)CN1C(=O)c1csc(Cc2ccccc2)n1. The zero-order valence-electron chi connectivity index (χ0n) is 13.0. The van der Waals surface area contributed by atoms with Crippen molar-refractivity contribution in [3.8, 4) is 0 Å². The number of carbonyl (C=O) groups excluding carboxylic acids is 1. The summed E-state index contributed by atoms with van der Waals surface area (Å²) in [6.45, 7) is 2.72. The Hall–Kier alpha value is -1.76. The minimum absolute atomic E-state index is 0.00965. The van der Waals surface area contributed by atoms with Crippen LogP contribution in [0.2, 0.25) is 0 Å². The van der Waals surface area contributed by atoms with E-state index in [1.54, 1.807) is 4.90 Å². The highest BCUT2D eigenvalue weighted by Crippen LogP contribution is 2.19. The fourth-order valence-electron chi connectivity index (χ4n) is 2.62. The summed E-state index contributed by atoms with van der Waals surface area (Å²) in [4.78, 5) is 18.9. The summed E-state index contributed by atoms with van der Waals surface area (Å²) in [6.07, 6.45) is 0.425. The molecule has 1 aliphatic rings. The molecular formula is C17H20N2O3S. The van der Waals surface area contributed by atoms with Crippen molar-refractivity contribution in [1.82, 2.24) is 9.88 Å². The molecule has 0 radical (unpaired) electrons. The van der Waals surface area contributed by atoms with Crippen LogP contribution in [0.4, 0.5) is 0 Å². The van der Waals surface area contributed by atoms with Gasteiger partial charge in [-0.15, -0.1) is 11.3 Å². The third-order valence-corrected chi connectivity index (χ3v) is 4.79. The number of morpholine rings is 1. The van der Waals surface area contributed by atoms with Crippen molar-refractivity contribution in [3.05, 3.63) is 52.0 Å². The standard InChI is InChI=1S/C17H20N2O3S/c1-12-10-22-14(9-20)8-19(12)17(21)15-11-23-16(18-15)7-13-5-3-2-4-6-13/h2-6,11-12,14,20H,7-10H2,1H3. The Morgan fingerprint density at radius 2 is 2.22 bits per heavy atom. The Morgan fingerprint density at radius 3 is 2.96 bits per heavy atom. The second kappa shape index (κ2) is 7.21. The molecular weight excluding hydrogens is 312 g/mol. The molecule has 1 saturated heterocycles. The van der Waals surface area contributed by atoms with Gasteiger partial charge >= 0.3 is 0 Å². The molecule has 5 nitrogen and oxygen atoms in total. The number of thiazole rings is 1. The van der Waals surface area contributed by atoms with E-state index < -0.39 is 0 Å². The molecule has 2 heterocycles. The molecule has 1 amide bonds. The first kappa shape index (κ1) is 16.1. The Bertz CT molecular complexity index is 659. The van der Waals surface area contributed by atoms with Crippen LogP contribution in [0.5, 0.6) is 0 Å². The van der Waals surface area contributed by atoms with Crippen molar-refractivity contribution < 1.29 is 14.6 Å². The summed E-state index contributed by atoms with van der Waals surface area (Å²) in [5.74, 6) is -0.0881. The molecule has 2 unspecified atom stereocenters. The van der Waals surface area contributed by atoms with Crippen LogP contribution in [-0.2, 0) is 11.2 Å². The third-order valence-electron chi connectivity index (χ3n) is 3.94. The minimum atomic E-state index is -0.308. The van der Waals surface area contributed by atoms with E-state index in [1.165, 1.54) is 16.9 Å². The number of amides is 1. The van der Waals surface area contributed by atoms with Gasteiger partial charge in [0.25, 0.3) is 5.91 Å². The second-order valence-corrected chi connectivity index (χ2v) is 6.68. The van der Waals surface area contributed by atoms with Gasteiger partial charge < -0.3 is 14.7 Å². The normalized spacial score (nSPS) is 21.4. The average Bonchev–Trinajstić information content (AvgIpc) is 3.04. The van der Waals surface area contributed by atoms with E-state index >= 15 is 0 Å². The maximum absolute atomic E-state index is 12.7. The molecule has 0 spiro atoms. The van der Waals surface area contributed by atoms with Crippen molar-refractivity contribution in [2.24, 2.45) is 0 Å². The number of rotatable bonds is 4. The van der Waals surface area contributed by atoms with Crippen molar-refractivity contribution in [2.45, 2.75) is 25.5 Å². The number of aliphatic hydroxyl groups excluding tert-OH is 1. The van der Waals surface area contributed by atoms with E-state index in [1.807, 2.05) is 30.5 Å². The van der Waals surface area contributed by atoms with E-state index in [0.717, 1.165) is 11.4 Å². The summed E-state index contributed by atoms with van der Waals surface area (Å²) >= 11 is 1.51. The lowest BCUT2D eigenvalue weighted by atomic mass is 10.1. The molecule has 0 aliphatic carbocycles. The van der Waals surface area contributed by atoms with Crippen LogP contribution in [0.1, 0.15) is 28.0 Å². The van der Waals surface area contributed by atoms with Crippen LogP contribution in [0.25, 0.3) is 0 Å². The molecule has 1 aromatic carbocycles. The van der Waals surface area contributed by atoms with Gasteiger partial charge in [-0.25, -0.2) is 4.98 Å². The van der Waals surface area contributed by atoms with Gasteiger partial charge in [0.15, 0.2) is 0 Å². The second-order valence-electron chi connectivity index (χ2n) is 5.73. The van der Waals surface area contributed by atoms with Crippen LogP contribution < -0.4 is 0 Å². The van der Waals surface area contributed by atoms with Crippen molar-refractivity contribution >= 4 is 17.2 Å². The monoisotopic (exact) mass is 332 g/mol. The predicted molar refractivity (Wildman–Crippen MR) is 88.7 cm³/mol. The number of hydrogen-bond acceptors (Lipinski definition) is 5. The summed E-state index contributed by atoms with van der Waals surface area (Å²) in [7, 11) is 0. The first-order valence-electron chi connectivity index (χ1n) is 7.69. The first-order chi connectivity index (χ1) is 11.2. The highest BCUT2D eigenvalue weighted by molar-refractivity contribution is 7.09. The minimum Gasteiger partial charge on any atom is -0.394 e. The maximum atomic E-state index is 12.7. The van der Waals surface area contributed by atoms with Crippen molar-refractivity contribution in [2.75, 3.05) is 19.8 Å². The average molecular weight is 332 g/mol. The van der Waals surface area contributed by atoms with E-state index in [4.69, 9.17) is 4.74 Å². The van der Waals surface area contributed by atoms with Gasteiger partial charge in [0.05, 0.1) is 30.4 Å². The number of hydrogen-bond donors (Lipinski definition) is 1. The summed E-state index contributed by atoms with van der Waals surface area (Å²) < 4.78 is 5.48. The molecule has 3 rings (SSSR count). The van der Waals surface area contributed by atoms with E-state index in [-0.39, 0.29) is 24.7 Å². The number of aromatic nitrogens is 1. The largest absolute Gasteiger partial charge is 0.394 e. The quantitative estimate of drug-likeness (QED) is 0.930. The van der Waals surface area contributed by atoms with E-state index in [0.29, 0.717) is 18.8 Å². The zero-order valence-corrected chi connectivity index (χ0v) is 13.8. The molecule has 2 aromatic rings. The van der Waals surface area contributed by atoms with E-state index in [9.17, 15) is 9.90 Å². The number of ether oxygens (including phenoxy) is 1. The van der Waals surface area contributed by atoms with Gasteiger partial charge in [-0.2, -0.15) is 0 Å². The molecule has 6 heteroatoms. The number of aliphatic hydroxyl groups is 1. The molecule has 23 heavy (non-hydrogen) atoms. The Kier molecular flexibility index (Phi) is 5.05. The lowest BCUT2D eigenvalue weighted by Crippen LogP contribution is -2.52. The van der Waals surface area contributed by atoms with Gasteiger partial charge in [0, 0.05) is 18.3 Å². The van der Waals surface area contributed by atoms with Crippen LogP contribution in [-0.4, -0.2) is 52.8 Å². The Balaban J connectivity index is 1.70. The molecule has 1 N–H and O–H groups in total. The number of carbonyl (C=O) groups is 1. The molecule has 2 atom stereocenters. The third kappa shape index (κ3) is 3.77. The Morgan fingerprint density at radius 1 is 1.43 bits per heavy atom. The van der Waals surface area contributed by atoms with Gasteiger partial charge in [0.2, 0.25) is 0 Å². The summed E-state index contributed by atoms with van der Waals surface area (Å²) in [5.41, 5.74) is 1.66. The van der Waals surface area contributed by atoms with Gasteiger partial charge in [-0.3, -0.25) is 4.79 Å². The summed E-state index contributed by atoms with van der Waals surface area (Å²) in [5, 5.41) is 12.0. The molecule has 122 valence electrons. The van der Waals surface area contributed by atoms with Gasteiger partial charge in [-0.1, -0.05) is 30.3 Å². The predicted octanol–water partition coefficient (Wildman–Crippen LogP) is 1.96. The number of nitrogens with zero attached hydrogens (tertiary/aromatic N) is 2. The molecule has 1 aromatic heterocycles. The first-order valence-corrected chi connectivity index (χ1v) is 8.57. The van der Waals surface area contributed by atoms with Crippen LogP contribution in [0.15, 0.2) is 35.7 Å². The van der Waals surface area contributed by atoms with Gasteiger partial charge in [-0.05, 0) is 12.5 Å². The van der Waals surface area contributed by atoms with Crippen LogP contribution in [0, 0.1) is 0 Å². The highest BCUT2D eigenvalue weighted by atomic mass is 32.1. The molecule has 0 bridgehead atoms. The van der Waals surface area contributed by atoms with Crippen molar-refractivity contribution in [3.63, 3.8) is 0 Å². The topological polar surface area (TPSA) is 62.7 Å². The fraction of sp³-hybridized carbons (Fsp3) is 0.412. The summed E-state index contributed by atoms with van der Waals surface area (Å²) in [6, 6.07) is 10.1. The molecule has 1 aliphatic heterocycles. The fourth-order valence-corrected chi connectivity index (χ4v) is 3.42. The Labute approximate surface area is 139 Å². The van der Waals surface area contributed by atoms with Gasteiger partial charge in [0.1, 0.15) is 5.69 Å². The van der Waals surface area contributed by atoms with E-state index in [2.05, 4.69) is 17.1 Å². The smallest absolute Gasteiger partial charge is 0.273 e. The van der Waals surface area contributed by atoms with Crippen LogP contribution >= 0.6 is 11.3 Å². The maximum Gasteiger partial charge on any atom is 0.273 e.